The number of oxime groups is 1. The van der Waals surface area contributed by atoms with Gasteiger partial charge in [0, 0.05) is 24.5 Å². The molecule has 0 unspecified atom stereocenters. The summed E-state index contributed by atoms with van der Waals surface area (Å²) in [6.45, 7) is 2.92. The molecule has 0 aliphatic rings. The average molecular weight is 308 g/mol. The van der Waals surface area contributed by atoms with Gasteiger partial charge in [0.2, 0.25) is 0 Å². The van der Waals surface area contributed by atoms with Crippen molar-refractivity contribution in [3.05, 3.63) is 65.6 Å². The van der Waals surface area contributed by atoms with Crippen LogP contribution < -0.4 is 5.73 Å². The van der Waals surface area contributed by atoms with E-state index in [0.717, 1.165) is 22.3 Å². The molecule has 5 nitrogen and oxygen atoms in total. The molecular formula is C18H20N4O. The first-order valence-corrected chi connectivity index (χ1v) is 7.64. The van der Waals surface area contributed by atoms with Crippen LogP contribution in [0.15, 0.2) is 53.9 Å². The highest BCUT2D eigenvalue weighted by atomic mass is 16.6. The first-order valence-electron chi connectivity index (χ1n) is 7.64. The molecule has 3 N–H and O–H groups in total. The van der Waals surface area contributed by atoms with Crippen molar-refractivity contribution in [2.45, 2.75) is 13.3 Å². The largest absolute Gasteiger partial charge is 0.394 e. The number of fused-ring (bicyclic) bond motifs is 1. The third-order valence-electron chi connectivity index (χ3n) is 3.61. The van der Waals surface area contributed by atoms with E-state index in [1.165, 1.54) is 11.1 Å². The molecule has 0 saturated heterocycles. The first-order chi connectivity index (χ1) is 11.3. The zero-order valence-electron chi connectivity index (χ0n) is 13.1. The fourth-order valence-electron chi connectivity index (χ4n) is 2.38. The van der Waals surface area contributed by atoms with Gasteiger partial charge in [0.1, 0.15) is 12.3 Å². The van der Waals surface area contributed by atoms with Crippen molar-refractivity contribution >= 4 is 16.6 Å². The summed E-state index contributed by atoms with van der Waals surface area (Å²) >= 11 is 0. The SMILES string of the molecule is Cc1ccc(CC(=NOCCN)c2cc3ccncc3[nH]2)cc1. The monoisotopic (exact) mass is 308 g/mol. The molecular weight excluding hydrogens is 288 g/mol. The summed E-state index contributed by atoms with van der Waals surface area (Å²) in [5.41, 5.74) is 10.7. The fraction of sp³-hybridized carbons (Fsp3) is 0.222. The van der Waals surface area contributed by atoms with Crippen LogP contribution in [0.2, 0.25) is 0 Å². The Morgan fingerprint density at radius 1 is 1.26 bits per heavy atom. The Kier molecular flexibility index (Phi) is 4.68. The van der Waals surface area contributed by atoms with Gasteiger partial charge in [0.15, 0.2) is 0 Å². The van der Waals surface area contributed by atoms with Crippen LogP contribution in [0.5, 0.6) is 0 Å². The quantitative estimate of drug-likeness (QED) is 0.417. The maximum Gasteiger partial charge on any atom is 0.129 e. The van der Waals surface area contributed by atoms with Crippen LogP contribution in [0, 0.1) is 6.92 Å². The lowest BCUT2D eigenvalue weighted by atomic mass is 10.0. The molecule has 5 heteroatoms. The normalized spacial score (nSPS) is 11.8. The molecule has 0 saturated carbocycles. The summed E-state index contributed by atoms with van der Waals surface area (Å²) in [4.78, 5) is 12.8. The van der Waals surface area contributed by atoms with Crippen LogP contribution in [-0.2, 0) is 11.3 Å². The highest BCUT2D eigenvalue weighted by molar-refractivity contribution is 6.03. The topological polar surface area (TPSA) is 76.3 Å². The summed E-state index contributed by atoms with van der Waals surface area (Å²) in [5.74, 6) is 0. The van der Waals surface area contributed by atoms with Crippen LogP contribution in [0.25, 0.3) is 10.9 Å². The van der Waals surface area contributed by atoms with Gasteiger partial charge in [-0.05, 0) is 24.6 Å². The summed E-state index contributed by atoms with van der Waals surface area (Å²) < 4.78 is 0. The molecule has 0 spiro atoms. The minimum atomic E-state index is 0.402. The summed E-state index contributed by atoms with van der Waals surface area (Å²) in [6.07, 6.45) is 4.27. The number of nitrogens with zero attached hydrogens (tertiary/aromatic N) is 2. The summed E-state index contributed by atoms with van der Waals surface area (Å²) in [7, 11) is 0. The van der Waals surface area contributed by atoms with Gasteiger partial charge in [-0.3, -0.25) is 4.98 Å². The number of benzene rings is 1. The summed E-state index contributed by atoms with van der Waals surface area (Å²) in [5, 5.41) is 5.38. The van der Waals surface area contributed by atoms with E-state index >= 15 is 0 Å². The predicted octanol–water partition coefficient (Wildman–Crippen LogP) is 2.79. The number of pyridine rings is 1. The van der Waals surface area contributed by atoms with Crippen LogP contribution in [0.4, 0.5) is 0 Å². The Labute approximate surface area is 135 Å². The van der Waals surface area contributed by atoms with E-state index in [1.54, 1.807) is 6.20 Å². The zero-order chi connectivity index (χ0) is 16.1. The van der Waals surface area contributed by atoms with E-state index < -0.39 is 0 Å². The lowest BCUT2D eigenvalue weighted by Crippen LogP contribution is -2.10. The van der Waals surface area contributed by atoms with Crippen molar-refractivity contribution in [1.82, 2.24) is 9.97 Å². The van der Waals surface area contributed by atoms with Crippen molar-refractivity contribution < 1.29 is 4.84 Å². The van der Waals surface area contributed by atoms with Gasteiger partial charge in [-0.2, -0.15) is 0 Å². The third-order valence-corrected chi connectivity index (χ3v) is 3.61. The van der Waals surface area contributed by atoms with E-state index in [0.29, 0.717) is 19.6 Å². The Bertz CT molecular complexity index is 772. The van der Waals surface area contributed by atoms with E-state index in [-0.39, 0.29) is 0 Å². The molecule has 0 radical (unpaired) electrons. The highest BCUT2D eigenvalue weighted by Gasteiger charge is 2.10. The fourth-order valence-corrected chi connectivity index (χ4v) is 2.38. The van der Waals surface area contributed by atoms with Gasteiger partial charge in [0.05, 0.1) is 17.4 Å². The number of nitrogens with one attached hydrogen (secondary N) is 1. The molecule has 0 atom stereocenters. The predicted molar refractivity (Wildman–Crippen MR) is 92.5 cm³/mol. The average Bonchev–Trinajstić information content (AvgIpc) is 3.00. The van der Waals surface area contributed by atoms with Gasteiger partial charge in [-0.1, -0.05) is 35.0 Å². The Hall–Kier alpha value is -2.66. The number of H-pyrrole nitrogens is 1. The number of hydrogen-bond acceptors (Lipinski definition) is 4. The minimum Gasteiger partial charge on any atom is -0.394 e. The Morgan fingerprint density at radius 3 is 2.83 bits per heavy atom. The summed E-state index contributed by atoms with van der Waals surface area (Å²) in [6, 6.07) is 12.5. The molecule has 0 aliphatic carbocycles. The number of aromatic nitrogens is 2. The molecule has 2 heterocycles. The van der Waals surface area contributed by atoms with Crippen LogP contribution in [0.1, 0.15) is 16.8 Å². The lowest BCUT2D eigenvalue weighted by molar-refractivity contribution is 0.152. The maximum absolute atomic E-state index is 5.47. The Balaban J connectivity index is 1.91. The smallest absolute Gasteiger partial charge is 0.129 e. The number of rotatable bonds is 6. The molecule has 0 bridgehead atoms. The van der Waals surface area contributed by atoms with Gasteiger partial charge < -0.3 is 15.6 Å². The molecule has 0 fully saturated rings. The van der Waals surface area contributed by atoms with Crippen LogP contribution in [0.3, 0.4) is 0 Å². The third kappa shape index (κ3) is 3.76. The molecule has 0 amide bonds. The molecule has 1 aromatic carbocycles. The second-order valence-electron chi connectivity index (χ2n) is 5.47. The first kappa shape index (κ1) is 15.2. The highest BCUT2D eigenvalue weighted by Crippen LogP contribution is 2.16. The van der Waals surface area contributed by atoms with Gasteiger partial charge in [-0.25, -0.2) is 0 Å². The van der Waals surface area contributed by atoms with Crippen molar-refractivity contribution in [2.24, 2.45) is 10.9 Å². The van der Waals surface area contributed by atoms with E-state index in [1.807, 2.05) is 12.3 Å². The molecule has 23 heavy (non-hydrogen) atoms. The second kappa shape index (κ2) is 7.07. The lowest BCUT2D eigenvalue weighted by Gasteiger charge is -2.06. The van der Waals surface area contributed by atoms with Crippen LogP contribution in [-0.4, -0.2) is 28.8 Å². The number of aryl methyl sites for hydroxylation is 1. The Morgan fingerprint density at radius 2 is 2.09 bits per heavy atom. The molecule has 0 aliphatic heterocycles. The minimum absolute atomic E-state index is 0.402. The van der Waals surface area contributed by atoms with E-state index in [2.05, 4.69) is 52.4 Å². The van der Waals surface area contributed by atoms with Crippen LogP contribution >= 0.6 is 0 Å². The molecule has 118 valence electrons. The molecule has 3 rings (SSSR count). The van der Waals surface area contributed by atoms with Gasteiger partial charge in [-0.15, -0.1) is 0 Å². The maximum atomic E-state index is 5.47. The second-order valence-corrected chi connectivity index (χ2v) is 5.47. The van der Waals surface area contributed by atoms with Crippen molar-refractivity contribution in [3.63, 3.8) is 0 Å². The number of hydrogen-bond donors (Lipinski definition) is 2. The van der Waals surface area contributed by atoms with Gasteiger partial charge in [0.25, 0.3) is 0 Å². The van der Waals surface area contributed by atoms with Gasteiger partial charge >= 0.3 is 0 Å². The van der Waals surface area contributed by atoms with E-state index in [4.69, 9.17) is 10.6 Å². The van der Waals surface area contributed by atoms with E-state index in [9.17, 15) is 0 Å². The molecule has 3 aromatic rings. The number of nitrogens with two attached hydrogens (primary N) is 1. The van der Waals surface area contributed by atoms with Crippen molar-refractivity contribution in [1.29, 1.82) is 0 Å². The zero-order valence-corrected chi connectivity index (χ0v) is 13.1. The number of aromatic amines is 1. The van der Waals surface area contributed by atoms with Crippen molar-refractivity contribution in [3.8, 4) is 0 Å². The standard InChI is InChI=1S/C18H20N4O/c1-13-2-4-14(5-3-13)10-17(22-23-9-7-19)16-11-15-6-8-20-12-18(15)21-16/h2-6,8,11-12,21H,7,9-10,19H2,1H3. The molecule has 2 aromatic heterocycles. The van der Waals surface area contributed by atoms with Crippen molar-refractivity contribution in [2.75, 3.05) is 13.2 Å².